The molecule has 2 aliphatic rings. The van der Waals surface area contributed by atoms with Crippen LogP contribution in [0, 0.1) is 13.8 Å². The summed E-state index contributed by atoms with van der Waals surface area (Å²) in [6, 6.07) is 5.89. The van der Waals surface area contributed by atoms with E-state index in [1.165, 1.54) is 0 Å². The number of nitrogens with zero attached hydrogens (tertiary/aromatic N) is 2. The summed E-state index contributed by atoms with van der Waals surface area (Å²) in [6.45, 7) is 5.92. The van der Waals surface area contributed by atoms with E-state index in [2.05, 4.69) is 5.32 Å². The molecule has 1 saturated carbocycles. The molecule has 0 spiro atoms. The third kappa shape index (κ3) is 5.37. The minimum atomic E-state index is -1.43. The molecule has 2 amide bonds. The minimum Gasteiger partial charge on any atom is -0.453 e. The van der Waals surface area contributed by atoms with Gasteiger partial charge >= 0.3 is 5.97 Å². The van der Waals surface area contributed by atoms with E-state index in [-0.39, 0.29) is 25.0 Å². The van der Waals surface area contributed by atoms with E-state index in [0.29, 0.717) is 39.0 Å². The van der Waals surface area contributed by atoms with Gasteiger partial charge in [0, 0.05) is 31.9 Å². The average molecular weight is 418 g/mol. The SMILES string of the molecule is Cc1cccc(C)c1NC(=O)CN1CCN(C(=O)COC(=O)C2(O)CCCC2)CC1. The summed E-state index contributed by atoms with van der Waals surface area (Å²) in [6.07, 6.45) is 2.36. The van der Waals surface area contributed by atoms with Crippen LogP contribution in [-0.2, 0) is 19.1 Å². The second-order valence-corrected chi connectivity index (χ2v) is 8.29. The van der Waals surface area contributed by atoms with Crippen molar-refractivity contribution in [2.75, 3.05) is 44.6 Å². The summed E-state index contributed by atoms with van der Waals surface area (Å²) >= 11 is 0. The Kier molecular flexibility index (Phi) is 7.10. The molecule has 0 bridgehead atoms. The van der Waals surface area contributed by atoms with Crippen molar-refractivity contribution >= 4 is 23.5 Å². The van der Waals surface area contributed by atoms with Crippen molar-refractivity contribution in [3.05, 3.63) is 29.3 Å². The maximum atomic E-state index is 12.4. The number of carbonyl (C=O) groups excluding carboxylic acids is 3. The van der Waals surface area contributed by atoms with Gasteiger partial charge in [-0.2, -0.15) is 0 Å². The predicted octanol–water partition coefficient (Wildman–Crippen LogP) is 1.23. The largest absolute Gasteiger partial charge is 0.453 e. The molecule has 0 unspecified atom stereocenters. The van der Waals surface area contributed by atoms with Gasteiger partial charge in [-0.1, -0.05) is 18.2 Å². The van der Waals surface area contributed by atoms with E-state index in [1.54, 1.807) is 4.90 Å². The molecule has 3 rings (SSSR count). The van der Waals surface area contributed by atoms with Crippen LogP contribution in [-0.4, -0.2) is 77.6 Å². The third-order valence-electron chi connectivity index (χ3n) is 5.98. The molecule has 0 aromatic heterocycles. The van der Waals surface area contributed by atoms with Crippen LogP contribution in [0.5, 0.6) is 0 Å². The lowest BCUT2D eigenvalue weighted by molar-refractivity contribution is -0.169. The lowest BCUT2D eigenvalue weighted by atomic mass is 10.0. The molecule has 2 N–H and O–H groups in total. The first-order valence-corrected chi connectivity index (χ1v) is 10.5. The number of nitrogens with one attached hydrogen (secondary N) is 1. The molecular formula is C22H31N3O5. The second kappa shape index (κ2) is 9.57. The van der Waals surface area contributed by atoms with Crippen LogP contribution in [0.4, 0.5) is 5.69 Å². The predicted molar refractivity (Wildman–Crippen MR) is 112 cm³/mol. The fraction of sp³-hybridized carbons (Fsp3) is 0.591. The number of hydrogen-bond donors (Lipinski definition) is 2. The van der Waals surface area contributed by atoms with Gasteiger partial charge in [-0.25, -0.2) is 4.79 Å². The normalized spacial score (nSPS) is 18.8. The number of amides is 2. The van der Waals surface area contributed by atoms with Crippen molar-refractivity contribution in [2.45, 2.75) is 45.1 Å². The molecule has 1 aliphatic heterocycles. The zero-order valence-corrected chi connectivity index (χ0v) is 17.8. The van der Waals surface area contributed by atoms with Gasteiger partial charge in [0.15, 0.2) is 12.2 Å². The number of piperazine rings is 1. The molecule has 164 valence electrons. The van der Waals surface area contributed by atoms with Gasteiger partial charge in [0.2, 0.25) is 5.91 Å². The Hall–Kier alpha value is -2.45. The summed E-state index contributed by atoms with van der Waals surface area (Å²) < 4.78 is 5.07. The molecule has 1 aliphatic carbocycles. The van der Waals surface area contributed by atoms with Crippen molar-refractivity contribution in [1.82, 2.24) is 9.80 Å². The molecule has 0 atom stereocenters. The Labute approximate surface area is 177 Å². The maximum absolute atomic E-state index is 12.4. The van der Waals surface area contributed by atoms with Gasteiger partial charge in [0.1, 0.15) is 0 Å². The minimum absolute atomic E-state index is 0.0779. The Morgan fingerprint density at radius 3 is 2.27 bits per heavy atom. The third-order valence-corrected chi connectivity index (χ3v) is 5.98. The molecule has 1 aromatic rings. The van der Waals surface area contributed by atoms with Crippen molar-refractivity contribution < 1.29 is 24.2 Å². The Morgan fingerprint density at radius 1 is 1.07 bits per heavy atom. The van der Waals surface area contributed by atoms with Crippen LogP contribution in [0.3, 0.4) is 0 Å². The van der Waals surface area contributed by atoms with E-state index < -0.39 is 11.6 Å². The highest BCUT2D eigenvalue weighted by molar-refractivity contribution is 5.93. The smallest absolute Gasteiger partial charge is 0.338 e. The molecule has 8 nitrogen and oxygen atoms in total. The van der Waals surface area contributed by atoms with Crippen LogP contribution in [0.2, 0.25) is 0 Å². The van der Waals surface area contributed by atoms with Gasteiger partial charge in [0.25, 0.3) is 5.91 Å². The Morgan fingerprint density at radius 2 is 1.67 bits per heavy atom. The van der Waals surface area contributed by atoms with Crippen molar-refractivity contribution in [1.29, 1.82) is 0 Å². The van der Waals surface area contributed by atoms with Crippen LogP contribution < -0.4 is 5.32 Å². The monoisotopic (exact) mass is 417 g/mol. The van der Waals surface area contributed by atoms with E-state index in [9.17, 15) is 19.5 Å². The first-order valence-electron chi connectivity index (χ1n) is 10.5. The molecular weight excluding hydrogens is 386 g/mol. The topological polar surface area (TPSA) is 99.2 Å². The van der Waals surface area contributed by atoms with Gasteiger partial charge < -0.3 is 20.1 Å². The zero-order valence-electron chi connectivity index (χ0n) is 17.8. The number of aliphatic hydroxyl groups is 1. The van der Waals surface area contributed by atoms with E-state index in [4.69, 9.17) is 4.74 Å². The van der Waals surface area contributed by atoms with Crippen molar-refractivity contribution in [3.8, 4) is 0 Å². The summed E-state index contributed by atoms with van der Waals surface area (Å²) in [5.41, 5.74) is 1.47. The maximum Gasteiger partial charge on any atom is 0.338 e. The fourth-order valence-electron chi connectivity index (χ4n) is 4.07. The summed E-state index contributed by atoms with van der Waals surface area (Å²) in [5.74, 6) is -1.05. The number of ether oxygens (including phenoxy) is 1. The molecule has 1 heterocycles. The highest BCUT2D eigenvalue weighted by atomic mass is 16.6. The number of carbonyl (C=O) groups is 3. The lowest BCUT2D eigenvalue weighted by Gasteiger charge is -2.34. The quantitative estimate of drug-likeness (QED) is 0.676. The summed E-state index contributed by atoms with van der Waals surface area (Å²) in [4.78, 5) is 40.4. The van der Waals surface area contributed by atoms with Gasteiger partial charge in [-0.05, 0) is 50.7 Å². The standard InChI is InChI=1S/C22H31N3O5/c1-16-6-5-7-17(2)20(16)23-18(26)14-24-10-12-25(13-11-24)19(27)15-30-21(28)22(29)8-3-4-9-22/h5-7,29H,3-4,8-15H2,1-2H3,(H,23,26). The van der Waals surface area contributed by atoms with Crippen molar-refractivity contribution in [3.63, 3.8) is 0 Å². The van der Waals surface area contributed by atoms with E-state index in [1.807, 2.05) is 36.9 Å². The summed E-state index contributed by atoms with van der Waals surface area (Å²) in [7, 11) is 0. The molecule has 1 aromatic carbocycles. The van der Waals surface area contributed by atoms with Crippen molar-refractivity contribution in [2.24, 2.45) is 0 Å². The highest BCUT2D eigenvalue weighted by Crippen LogP contribution is 2.30. The van der Waals surface area contributed by atoms with E-state index >= 15 is 0 Å². The van der Waals surface area contributed by atoms with Gasteiger partial charge in [0.05, 0.1) is 6.54 Å². The lowest BCUT2D eigenvalue weighted by Crippen LogP contribution is -2.51. The fourth-order valence-corrected chi connectivity index (χ4v) is 4.07. The second-order valence-electron chi connectivity index (χ2n) is 8.29. The number of esters is 1. The van der Waals surface area contributed by atoms with Crippen LogP contribution in [0.15, 0.2) is 18.2 Å². The van der Waals surface area contributed by atoms with Crippen LogP contribution in [0.1, 0.15) is 36.8 Å². The highest BCUT2D eigenvalue weighted by Gasteiger charge is 2.40. The number of hydrogen-bond acceptors (Lipinski definition) is 6. The molecule has 2 fully saturated rings. The molecule has 8 heteroatoms. The number of rotatable bonds is 6. The molecule has 0 radical (unpaired) electrons. The Bertz CT molecular complexity index is 776. The first kappa shape index (κ1) is 22.2. The van der Waals surface area contributed by atoms with Gasteiger partial charge in [-0.15, -0.1) is 0 Å². The zero-order chi connectivity index (χ0) is 21.7. The first-order chi connectivity index (χ1) is 14.3. The number of benzene rings is 1. The average Bonchev–Trinajstić information content (AvgIpc) is 3.17. The molecule has 30 heavy (non-hydrogen) atoms. The van der Waals surface area contributed by atoms with Gasteiger partial charge in [-0.3, -0.25) is 14.5 Å². The summed E-state index contributed by atoms with van der Waals surface area (Å²) in [5, 5.41) is 13.2. The van der Waals surface area contributed by atoms with Crippen LogP contribution in [0.25, 0.3) is 0 Å². The Balaban J connectivity index is 1.40. The number of aryl methyl sites for hydroxylation is 2. The number of para-hydroxylation sites is 1. The van der Waals surface area contributed by atoms with Crippen LogP contribution >= 0.6 is 0 Å². The molecule has 1 saturated heterocycles. The van der Waals surface area contributed by atoms with E-state index in [0.717, 1.165) is 29.7 Å². The number of anilines is 1.